The van der Waals surface area contributed by atoms with Gasteiger partial charge in [0.1, 0.15) is 11.5 Å². The van der Waals surface area contributed by atoms with Crippen molar-refractivity contribution < 1.29 is 22.8 Å². The molecule has 0 atom stereocenters. The number of hydrogen-bond acceptors (Lipinski definition) is 4. The molecule has 1 N–H and O–H groups in total. The van der Waals surface area contributed by atoms with Crippen LogP contribution < -0.4 is 10.2 Å². The number of rotatable bonds is 6. The van der Waals surface area contributed by atoms with Gasteiger partial charge >= 0.3 is 6.18 Å². The van der Waals surface area contributed by atoms with E-state index in [2.05, 4.69) is 15.4 Å². The largest absolute Gasteiger partial charge is 0.416 e. The van der Waals surface area contributed by atoms with Crippen LogP contribution in [0, 0.1) is 0 Å². The van der Waals surface area contributed by atoms with Crippen molar-refractivity contribution >= 4 is 18.1 Å². The lowest BCUT2D eigenvalue weighted by Gasteiger charge is -2.10. The monoisotopic (exact) mass is 403 g/mol. The lowest BCUT2D eigenvalue weighted by molar-refractivity contribution is -0.137. The minimum atomic E-state index is -4.45. The molecule has 150 valence electrons. The fourth-order valence-corrected chi connectivity index (χ4v) is 2.49. The molecule has 0 aliphatic rings. The van der Waals surface area contributed by atoms with E-state index in [0.717, 1.165) is 12.1 Å². The molecule has 0 spiro atoms. The predicted octanol–water partition coefficient (Wildman–Crippen LogP) is 2.81. The SMILES string of the molecule is CN(C=O)c1cccc(C(=O)NCc2cnn(-c3cccc(C(F)(F)F)c3)c2)n1. The average molecular weight is 403 g/mol. The third kappa shape index (κ3) is 4.78. The lowest BCUT2D eigenvalue weighted by Crippen LogP contribution is -2.24. The van der Waals surface area contributed by atoms with Gasteiger partial charge in [-0.05, 0) is 30.3 Å². The Hall–Kier alpha value is -3.69. The summed E-state index contributed by atoms with van der Waals surface area (Å²) in [5, 5.41) is 6.70. The summed E-state index contributed by atoms with van der Waals surface area (Å²) in [7, 11) is 1.51. The van der Waals surface area contributed by atoms with Gasteiger partial charge in [0.25, 0.3) is 5.91 Å². The number of nitrogens with one attached hydrogen (secondary N) is 1. The highest BCUT2D eigenvalue weighted by Gasteiger charge is 2.30. The van der Waals surface area contributed by atoms with Crippen LogP contribution in [-0.4, -0.2) is 34.1 Å². The van der Waals surface area contributed by atoms with Crippen LogP contribution in [0.15, 0.2) is 54.9 Å². The van der Waals surface area contributed by atoms with Crippen molar-refractivity contribution in [1.29, 1.82) is 0 Å². The number of halogens is 3. The second kappa shape index (κ2) is 8.13. The van der Waals surface area contributed by atoms with Crippen molar-refractivity contribution in [2.24, 2.45) is 0 Å². The molecule has 2 aromatic heterocycles. The van der Waals surface area contributed by atoms with Crippen LogP contribution >= 0.6 is 0 Å². The van der Waals surface area contributed by atoms with Crippen molar-refractivity contribution in [2.75, 3.05) is 11.9 Å². The summed E-state index contributed by atoms with van der Waals surface area (Å²) in [5.74, 6) is -0.136. The molecule has 0 radical (unpaired) electrons. The fraction of sp³-hybridized carbons (Fsp3) is 0.158. The van der Waals surface area contributed by atoms with Gasteiger partial charge in [0.05, 0.1) is 17.4 Å². The quantitative estimate of drug-likeness (QED) is 0.642. The Morgan fingerprint density at radius 1 is 1.24 bits per heavy atom. The maximum atomic E-state index is 12.9. The maximum absolute atomic E-state index is 12.9. The van der Waals surface area contributed by atoms with Gasteiger partial charge in [-0.25, -0.2) is 9.67 Å². The molecule has 29 heavy (non-hydrogen) atoms. The zero-order valence-corrected chi connectivity index (χ0v) is 15.2. The summed E-state index contributed by atoms with van der Waals surface area (Å²) in [6, 6.07) is 9.47. The molecule has 0 aliphatic heterocycles. The Morgan fingerprint density at radius 2 is 2.00 bits per heavy atom. The summed E-state index contributed by atoms with van der Waals surface area (Å²) in [4.78, 5) is 28.4. The first-order chi connectivity index (χ1) is 13.8. The third-order valence-electron chi connectivity index (χ3n) is 4.01. The summed E-state index contributed by atoms with van der Waals surface area (Å²) in [5.41, 5.74) is 0.202. The number of amides is 2. The van der Waals surface area contributed by atoms with E-state index in [0.29, 0.717) is 17.8 Å². The lowest BCUT2D eigenvalue weighted by atomic mass is 10.2. The normalized spacial score (nSPS) is 11.2. The summed E-state index contributed by atoms with van der Waals surface area (Å²) in [6.45, 7) is 0.104. The maximum Gasteiger partial charge on any atom is 0.416 e. The number of aromatic nitrogens is 3. The number of carbonyl (C=O) groups excluding carboxylic acids is 2. The van der Waals surface area contributed by atoms with Gasteiger partial charge in [0, 0.05) is 25.4 Å². The van der Waals surface area contributed by atoms with Crippen molar-refractivity contribution in [1.82, 2.24) is 20.1 Å². The Morgan fingerprint density at radius 3 is 2.72 bits per heavy atom. The van der Waals surface area contributed by atoms with E-state index in [4.69, 9.17) is 0 Å². The molecular formula is C19H16F3N5O2. The molecular weight excluding hydrogens is 387 g/mol. The van der Waals surface area contributed by atoms with E-state index in [9.17, 15) is 22.8 Å². The topological polar surface area (TPSA) is 80.1 Å². The molecule has 0 bridgehead atoms. The first-order valence-corrected chi connectivity index (χ1v) is 8.42. The first-order valence-electron chi connectivity index (χ1n) is 8.42. The number of pyridine rings is 1. The van der Waals surface area contributed by atoms with Crippen LogP contribution in [-0.2, 0) is 17.5 Å². The zero-order chi connectivity index (χ0) is 21.0. The van der Waals surface area contributed by atoms with Crippen molar-refractivity contribution in [3.63, 3.8) is 0 Å². The van der Waals surface area contributed by atoms with Gasteiger partial charge in [-0.1, -0.05) is 12.1 Å². The van der Waals surface area contributed by atoms with Crippen molar-refractivity contribution in [3.05, 3.63) is 71.7 Å². The summed E-state index contributed by atoms with van der Waals surface area (Å²) >= 11 is 0. The summed E-state index contributed by atoms with van der Waals surface area (Å²) in [6.07, 6.45) is -0.893. The van der Waals surface area contributed by atoms with Crippen LogP contribution in [0.5, 0.6) is 0 Å². The zero-order valence-electron chi connectivity index (χ0n) is 15.2. The van der Waals surface area contributed by atoms with Crippen LogP contribution in [0.25, 0.3) is 5.69 Å². The predicted molar refractivity (Wildman–Crippen MR) is 98.4 cm³/mol. The molecule has 2 amide bonds. The van der Waals surface area contributed by atoms with Gasteiger partial charge in [-0.2, -0.15) is 18.3 Å². The first kappa shape index (κ1) is 20.1. The van der Waals surface area contributed by atoms with Gasteiger partial charge in [-0.15, -0.1) is 0 Å². The van der Waals surface area contributed by atoms with Crippen LogP contribution in [0.4, 0.5) is 19.0 Å². The average Bonchev–Trinajstić information content (AvgIpc) is 3.20. The van der Waals surface area contributed by atoms with E-state index in [1.165, 1.54) is 47.2 Å². The molecule has 3 rings (SSSR count). The Bertz CT molecular complexity index is 1030. The summed E-state index contributed by atoms with van der Waals surface area (Å²) < 4.78 is 39.9. The smallest absolute Gasteiger partial charge is 0.347 e. The van der Waals surface area contributed by atoms with E-state index < -0.39 is 17.6 Å². The van der Waals surface area contributed by atoms with Crippen molar-refractivity contribution in [3.8, 4) is 5.69 Å². The van der Waals surface area contributed by atoms with Crippen LogP contribution in [0.3, 0.4) is 0 Å². The molecule has 0 unspecified atom stereocenters. The standard InChI is InChI=1S/C19H16F3N5O2/c1-26(12-28)17-7-3-6-16(25-17)18(29)23-9-13-10-24-27(11-13)15-5-2-4-14(8-15)19(20,21)22/h2-8,10-12H,9H2,1H3,(H,23,29). The van der Waals surface area contributed by atoms with Crippen LogP contribution in [0.2, 0.25) is 0 Å². The Kier molecular flexibility index (Phi) is 5.62. The van der Waals surface area contributed by atoms with Gasteiger partial charge in [0.2, 0.25) is 6.41 Å². The molecule has 3 aromatic rings. The third-order valence-corrected chi connectivity index (χ3v) is 4.01. The number of nitrogens with zero attached hydrogens (tertiary/aromatic N) is 4. The second-order valence-corrected chi connectivity index (χ2v) is 6.12. The van der Waals surface area contributed by atoms with Crippen molar-refractivity contribution in [2.45, 2.75) is 12.7 Å². The van der Waals surface area contributed by atoms with E-state index in [1.54, 1.807) is 12.1 Å². The minimum Gasteiger partial charge on any atom is -0.347 e. The molecule has 0 saturated carbocycles. The highest BCUT2D eigenvalue weighted by molar-refractivity contribution is 5.92. The minimum absolute atomic E-state index is 0.104. The highest BCUT2D eigenvalue weighted by Crippen LogP contribution is 2.30. The van der Waals surface area contributed by atoms with Gasteiger partial charge in [-0.3, -0.25) is 9.59 Å². The molecule has 2 heterocycles. The number of carbonyl (C=O) groups is 2. The van der Waals surface area contributed by atoms with E-state index in [-0.39, 0.29) is 17.9 Å². The number of alkyl halides is 3. The molecule has 0 saturated heterocycles. The highest BCUT2D eigenvalue weighted by atomic mass is 19.4. The molecule has 10 heteroatoms. The Balaban J connectivity index is 1.68. The van der Waals surface area contributed by atoms with Gasteiger partial charge < -0.3 is 10.2 Å². The molecule has 0 fully saturated rings. The molecule has 0 aliphatic carbocycles. The van der Waals surface area contributed by atoms with Gasteiger partial charge in [0.15, 0.2) is 0 Å². The second-order valence-electron chi connectivity index (χ2n) is 6.12. The number of hydrogen-bond donors (Lipinski definition) is 1. The van der Waals surface area contributed by atoms with E-state index >= 15 is 0 Å². The fourth-order valence-electron chi connectivity index (χ4n) is 2.49. The molecule has 7 nitrogen and oxygen atoms in total. The van der Waals surface area contributed by atoms with E-state index in [1.807, 2.05) is 0 Å². The molecule has 1 aromatic carbocycles. The van der Waals surface area contributed by atoms with Crippen LogP contribution in [0.1, 0.15) is 21.6 Å². The Labute approximate surface area is 163 Å². The number of anilines is 1. The number of benzene rings is 1.